The lowest BCUT2D eigenvalue weighted by Gasteiger charge is -2.05. The zero-order valence-corrected chi connectivity index (χ0v) is 12.4. The Morgan fingerprint density at radius 1 is 1.40 bits per heavy atom. The van der Waals surface area contributed by atoms with E-state index < -0.39 is 10.0 Å². The van der Waals surface area contributed by atoms with E-state index in [1.807, 2.05) is 35.9 Å². The number of nitrogens with one attached hydrogen (secondary N) is 1. The molecule has 1 aromatic heterocycles. The highest BCUT2D eigenvalue weighted by Crippen LogP contribution is 2.17. The van der Waals surface area contributed by atoms with E-state index in [-0.39, 0.29) is 5.75 Å². The molecule has 6 heteroatoms. The molecular formula is C14H19N3O2S. The topological polar surface area (TPSA) is 64.0 Å². The van der Waals surface area contributed by atoms with Gasteiger partial charge in [-0.2, -0.15) is 5.10 Å². The lowest BCUT2D eigenvalue weighted by Crippen LogP contribution is -2.27. The molecule has 0 atom stereocenters. The van der Waals surface area contributed by atoms with Crippen LogP contribution in [0.15, 0.2) is 36.9 Å². The van der Waals surface area contributed by atoms with Crippen molar-refractivity contribution in [1.82, 2.24) is 14.5 Å². The van der Waals surface area contributed by atoms with Gasteiger partial charge in [-0.05, 0) is 19.4 Å². The second kappa shape index (κ2) is 6.19. The molecule has 0 bridgehead atoms. The number of nitrogens with zero attached hydrogens (tertiary/aromatic N) is 2. The number of hydrogen-bond acceptors (Lipinski definition) is 3. The van der Waals surface area contributed by atoms with Crippen molar-refractivity contribution in [2.45, 2.75) is 19.9 Å². The molecule has 0 amide bonds. The van der Waals surface area contributed by atoms with E-state index in [1.54, 1.807) is 0 Å². The molecule has 0 saturated carbocycles. The Balaban J connectivity index is 1.95. The summed E-state index contributed by atoms with van der Waals surface area (Å²) in [7, 11) is -3.22. The van der Waals surface area contributed by atoms with Crippen molar-refractivity contribution in [3.63, 3.8) is 0 Å². The minimum absolute atomic E-state index is 0.0448. The van der Waals surface area contributed by atoms with Crippen LogP contribution in [0.2, 0.25) is 0 Å². The van der Waals surface area contributed by atoms with E-state index in [0.717, 1.165) is 16.6 Å². The van der Waals surface area contributed by atoms with Crippen molar-refractivity contribution >= 4 is 20.9 Å². The van der Waals surface area contributed by atoms with Crippen LogP contribution in [-0.2, 0) is 16.6 Å². The molecule has 1 heterocycles. The highest BCUT2D eigenvalue weighted by atomic mass is 32.2. The van der Waals surface area contributed by atoms with Crippen LogP contribution in [0, 0.1) is 6.92 Å². The fraction of sp³-hybridized carbons (Fsp3) is 0.357. The van der Waals surface area contributed by atoms with Gasteiger partial charge in [0.25, 0.3) is 0 Å². The first-order valence-corrected chi connectivity index (χ1v) is 8.19. The first kappa shape index (κ1) is 14.7. The van der Waals surface area contributed by atoms with Gasteiger partial charge in [-0.3, -0.25) is 4.68 Å². The molecule has 0 aliphatic rings. The molecule has 2 rings (SSSR count). The molecule has 0 fully saturated rings. The predicted octanol–water partition coefficient (Wildman–Crippen LogP) is 1.84. The van der Waals surface area contributed by atoms with Crippen molar-refractivity contribution < 1.29 is 8.42 Å². The Morgan fingerprint density at radius 3 is 2.90 bits per heavy atom. The number of aryl methyl sites for hydroxylation is 2. The summed E-state index contributed by atoms with van der Waals surface area (Å²) in [6, 6.07) is 8.04. The largest absolute Gasteiger partial charge is 0.265 e. The second-order valence-corrected chi connectivity index (χ2v) is 6.50. The fourth-order valence-corrected chi connectivity index (χ4v) is 3.02. The Hall–Kier alpha value is -1.66. The SMILES string of the molecule is C=CCS(=O)(=O)NCCCn1nc(C)c2ccccc21. The average molecular weight is 293 g/mol. The first-order chi connectivity index (χ1) is 9.53. The third kappa shape index (κ3) is 3.46. The summed E-state index contributed by atoms with van der Waals surface area (Å²) in [5, 5.41) is 5.62. The predicted molar refractivity (Wildman–Crippen MR) is 81.1 cm³/mol. The molecule has 0 aliphatic heterocycles. The van der Waals surface area contributed by atoms with Crippen LogP contribution < -0.4 is 4.72 Å². The highest BCUT2D eigenvalue weighted by molar-refractivity contribution is 7.89. The van der Waals surface area contributed by atoms with Crippen LogP contribution in [0.4, 0.5) is 0 Å². The molecule has 108 valence electrons. The zero-order chi connectivity index (χ0) is 14.6. The average Bonchev–Trinajstić information content (AvgIpc) is 2.72. The molecule has 1 aromatic carbocycles. The molecule has 0 unspecified atom stereocenters. The summed E-state index contributed by atoms with van der Waals surface area (Å²) < 4.78 is 27.4. The van der Waals surface area contributed by atoms with Gasteiger partial charge >= 0.3 is 0 Å². The number of fused-ring (bicyclic) bond motifs is 1. The summed E-state index contributed by atoms with van der Waals surface area (Å²) in [6.07, 6.45) is 2.08. The van der Waals surface area contributed by atoms with E-state index in [2.05, 4.69) is 16.4 Å². The number of para-hydroxylation sites is 1. The van der Waals surface area contributed by atoms with Crippen LogP contribution >= 0.6 is 0 Å². The Kier molecular flexibility index (Phi) is 4.57. The van der Waals surface area contributed by atoms with E-state index in [9.17, 15) is 8.42 Å². The van der Waals surface area contributed by atoms with Gasteiger partial charge in [0.1, 0.15) is 0 Å². The van der Waals surface area contributed by atoms with Crippen LogP contribution in [0.25, 0.3) is 10.9 Å². The van der Waals surface area contributed by atoms with Crippen LogP contribution in [-0.4, -0.2) is 30.5 Å². The maximum absolute atomic E-state index is 11.5. The smallest absolute Gasteiger partial charge is 0.215 e. The van der Waals surface area contributed by atoms with Crippen molar-refractivity contribution in [1.29, 1.82) is 0 Å². The van der Waals surface area contributed by atoms with E-state index in [1.165, 1.54) is 6.08 Å². The lowest BCUT2D eigenvalue weighted by molar-refractivity contribution is 0.560. The zero-order valence-electron chi connectivity index (χ0n) is 11.5. The van der Waals surface area contributed by atoms with Crippen LogP contribution in [0.1, 0.15) is 12.1 Å². The summed E-state index contributed by atoms with van der Waals surface area (Å²) in [5.74, 6) is -0.0448. The monoisotopic (exact) mass is 293 g/mol. The minimum atomic E-state index is -3.22. The molecule has 1 N–H and O–H groups in total. The quantitative estimate of drug-likeness (QED) is 0.626. The third-order valence-electron chi connectivity index (χ3n) is 3.05. The van der Waals surface area contributed by atoms with Gasteiger partial charge in [-0.25, -0.2) is 13.1 Å². The molecule has 0 aliphatic carbocycles. The van der Waals surface area contributed by atoms with Gasteiger partial charge < -0.3 is 0 Å². The van der Waals surface area contributed by atoms with Crippen LogP contribution in [0.5, 0.6) is 0 Å². The Bertz CT molecular complexity index is 704. The molecule has 0 saturated heterocycles. The second-order valence-electron chi connectivity index (χ2n) is 4.64. The minimum Gasteiger partial charge on any atom is -0.265 e. The summed E-state index contributed by atoms with van der Waals surface area (Å²) >= 11 is 0. The molecule has 0 radical (unpaired) electrons. The van der Waals surface area contributed by atoms with Gasteiger partial charge in [-0.1, -0.05) is 24.3 Å². The first-order valence-electron chi connectivity index (χ1n) is 6.54. The molecule has 5 nitrogen and oxygen atoms in total. The number of hydrogen-bond donors (Lipinski definition) is 1. The van der Waals surface area contributed by atoms with Gasteiger partial charge in [0.05, 0.1) is 17.0 Å². The maximum Gasteiger partial charge on any atom is 0.215 e. The molecule has 2 aromatic rings. The van der Waals surface area contributed by atoms with Gasteiger partial charge in [0.2, 0.25) is 10.0 Å². The number of benzene rings is 1. The molecule has 0 spiro atoms. The molecule has 20 heavy (non-hydrogen) atoms. The lowest BCUT2D eigenvalue weighted by atomic mass is 10.2. The number of sulfonamides is 1. The van der Waals surface area contributed by atoms with Crippen molar-refractivity contribution in [3.05, 3.63) is 42.6 Å². The van der Waals surface area contributed by atoms with Gasteiger partial charge in [0.15, 0.2) is 0 Å². The van der Waals surface area contributed by atoms with Crippen molar-refractivity contribution in [2.75, 3.05) is 12.3 Å². The third-order valence-corrected chi connectivity index (χ3v) is 4.37. The maximum atomic E-state index is 11.5. The van der Waals surface area contributed by atoms with E-state index >= 15 is 0 Å². The van der Waals surface area contributed by atoms with Crippen LogP contribution in [0.3, 0.4) is 0 Å². The fourth-order valence-electron chi connectivity index (χ4n) is 2.13. The Labute approximate surface area is 119 Å². The van der Waals surface area contributed by atoms with Gasteiger partial charge in [0, 0.05) is 18.5 Å². The number of rotatable bonds is 7. The van der Waals surface area contributed by atoms with E-state index in [0.29, 0.717) is 19.5 Å². The van der Waals surface area contributed by atoms with Crippen molar-refractivity contribution in [2.24, 2.45) is 0 Å². The number of aromatic nitrogens is 2. The normalized spacial score (nSPS) is 11.8. The summed E-state index contributed by atoms with van der Waals surface area (Å²) in [4.78, 5) is 0. The Morgan fingerprint density at radius 2 is 2.15 bits per heavy atom. The van der Waals surface area contributed by atoms with Crippen molar-refractivity contribution in [3.8, 4) is 0 Å². The standard InChI is InChI=1S/C14H19N3O2S/c1-3-11-20(18,19)15-9-6-10-17-14-8-5-4-7-13(14)12(2)16-17/h3-5,7-8,15H,1,6,9-11H2,2H3. The highest BCUT2D eigenvalue weighted by Gasteiger charge is 2.08. The molecular weight excluding hydrogens is 274 g/mol. The summed E-state index contributed by atoms with van der Waals surface area (Å²) in [5.41, 5.74) is 2.08. The van der Waals surface area contributed by atoms with Gasteiger partial charge in [-0.15, -0.1) is 6.58 Å². The van der Waals surface area contributed by atoms with E-state index in [4.69, 9.17) is 0 Å². The summed E-state index contributed by atoms with van der Waals surface area (Å²) in [6.45, 7) is 6.49.